The number of imidazole rings is 1. The lowest BCUT2D eigenvalue weighted by molar-refractivity contribution is 0.415. The number of aromatic nitrogens is 4. The zero-order valence-corrected chi connectivity index (χ0v) is 11.7. The van der Waals surface area contributed by atoms with Crippen LogP contribution in [0.5, 0.6) is 5.75 Å². The zero-order valence-electron chi connectivity index (χ0n) is 11.7. The summed E-state index contributed by atoms with van der Waals surface area (Å²) in [5.74, 6) is 1.13. The molecule has 7 heteroatoms. The number of aliphatic imine (C=N–C) groups is 1. The van der Waals surface area contributed by atoms with Gasteiger partial charge in [-0.2, -0.15) is 0 Å². The van der Waals surface area contributed by atoms with Crippen LogP contribution in [0.25, 0.3) is 16.9 Å². The van der Waals surface area contributed by atoms with Gasteiger partial charge in [-0.15, -0.1) is 0 Å². The summed E-state index contributed by atoms with van der Waals surface area (Å²) in [7, 11) is 3.25. The number of hydrogen-bond acceptors (Lipinski definition) is 5. The Hall–Kier alpha value is -2.96. The highest BCUT2D eigenvalue weighted by Gasteiger charge is 2.13. The second-order valence-corrected chi connectivity index (χ2v) is 4.32. The number of amidine groups is 1. The van der Waals surface area contributed by atoms with Gasteiger partial charge in [0, 0.05) is 12.7 Å². The van der Waals surface area contributed by atoms with Crippen LogP contribution in [0, 0.1) is 0 Å². The first-order valence-electron chi connectivity index (χ1n) is 6.29. The highest BCUT2D eigenvalue weighted by Crippen LogP contribution is 2.20. The van der Waals surface area contributed by atoms with Crippen LogP contribution < -0.4 is 10.5 Å². The maximum absolute atomic E-state index is 5.84. The molecule has 0 spiro atoms. The van der Waals surface area contributed by atoms with E-state index in [1.165, 1.54) is 6.33 Å². The van der Waals surface area contributed by atoms with Crippen molar-refractivity contribution in [3.8, 4) is 11.4 Å². The predicted octanol–water partition coefficient (Wildman–Crippen LogP) is 1.16. The summed E-state index contributed by atoms with van der Waals surface area (Å²) in [4.78, 5) is 16.7. The van der Waals surface area contributed by atoms with Crippen LogP contribution in [0.1, 0.15) is 5.69 Å². The Labute approximate surface area is 121 Å². The van der Waals surface area contributed by atoms with Crippen LogP contribution in [0.2, 0.25) is 0 Å². The van der Waals surface area contributed by atoms with Crippen molar-refractivity contribution in [3.63, 3.8) is 0 Å². The minimum Gasteiger partial charge on any atom is -0.497 e. The number of fused-ring (bicyclic) bond motifs is 1. The molecule has 0 aliphatic rings. The Morgan fingerprint density at radius 2 is 1.95 bits per heavy atom. The van der Waals surface area contributed by atoms with Gasteiger partial charge in [0.1, 0.15) is 35.5 Å². The van der Waals surface area contributed by atoms with Gasteiger partial charge in [-0.25, -0.2) is 15.0 Å². The van der Waals surface area contributed by atoms with Crippen LogP contribution in [0.4, 0.5) is 0 Å². The van der Waals surface area contributed by atoms with Crippen molar-refractivity contribution in [2.45, 2.75) is 0 Å². The van der Waals surface area contributed by atoms with Gasteiger partial charge in [-0.1, -0.05) is 0 Å². The Morgan fingerprint density at radius 3 is 2.62 bits per heavy atom. The van der Waals surface area contributed by atoms with Gasteiger partial charge in [-0.3, -0.25) is 9.56 Å². The molecule has 0 saturated carbocycles. The van der Waals surface area contributed by atoms with E-state index >= 15 is 0 Å². The molecule has 3 aromatic rings. The van der Waals surface area contributed by atoms with E-state index in [1.807, 2.05) is 28.8 Å². The summed E-state index contributed by atoms with van der Waals surface area (Å²) in [6.45, 7) is 0. The number of benzene rings is 1. The summed E-state index contributed by atoms with van der Waals surface area (Å²) < 4.78 is 7.02. The number of rotatable bonds is 3. The van der Waals surface area contributed by atoms with E-state index in [9.17, 15) is 0 Å². The van der Waals surface area contributed by atoms with Crippen molar-refractivity contribution in [2.24, 2.45) is 10.7 Å². The molecule has 0 saturated heterocycles. The van der Waals surface area contributed by atoms with Gasteiger partial charge in [0.15, 0.2) is 5.65 Å². The number of hydrogen-bond donors (Lipinski definition) is 1. The molecule has 0 bridgehead atoms. The fourth-order valence-corrected chi connectivity index (χ4v) is 2.06. The van der Waals surface area contributed by atoms with E-state index in [1.54, 1.807) is 20.5 Å². The normalized spacial score (nSPS) is 11.8. The maximum Gasteiger partial charge on any atom is 0.168 e. The van der Waals surface area contributed by atoms with Gasteiger partial charge in [-0.05, 0) is 24.3 Å². The van der Waals surface area contributed by atoms with Gasteiger partial charge < -0.3 is 10.5 Å². The van der Waals surface area contributed by atoms with Gasteiger partial charge in [0.05, 0.1) is 7.11 Å². The van der Waals surface area contributed by atoms with Crippen molar-refractivity contribution in [3.05, 3.63) is 42.6 Å². The number of nitrogens with two attached hydrogens (primary N) is 1. The molecule has 7 nitrogen and oxygen atoms in total. The third-order valence-corrected chi connectivity index (χ3v) is 3.17. The van der Waals surface area contributed by atoms with E-state index in [2.05, 4.69) is 19.9 Å². The van der Waals surface area contributed by atoms with Crippen LogP contribution in [0.15, 0.2) is 41.9 Å². The van der Waals surface area contributed by atoms with E-state index in [0.717, 1.165) is 11.4 Å². The lowest BCUT2D eigenvalue weighted by atomic mass is 10.3. The third kappa shape index (κ3) is 2.18. The lowest BCUT2D eigenvalue weighted by Gasteiger charge is -2.05. The SMILES string of the molecule is CN=C(N)c1ncnc2c1ncn2-c1ccc(OC)cc1. The fourth-order valence-electron chi connectivity index (χ4n) is 2.06. The average Bonchev–Trinajstić information content (AvgIpc) is 2.98. The third-order valence-electron chi connectivity index (χ3n) is 3.17. The van der Waals surface area contributed by atoms with Crippen molar-refractivity contribution >= 4 is 17.0 Å². The molecule has 1 aromatic carbocycles. The number of nitrogens with zero attached hydrogens (tertiary/aromatic N) is 5. The summed E-state index contributed by atoms with van der Waals surface area (Å²) in [5, 5.41) is 0. The molecule has 0 aliphatic carbocycles. The second-order valence-electron chi connectivity index (χ2n) is 4.32. The van der Waals surface area contributed by atoms with Crippen LogP contribution >= 0.6 is 0 Å². The van der Waals surface area contributed by atoms with Crippen LogP contribution in [-0.4, -0.2) is 39.5 Å². The number of methoxy groups -OCH3 is 1. The molecular weight excluding hydrogens is 268 g/mol. The summed E-state index contributed by atoms with van der Waals surface area (Å²) in [6, 6.07) is 7.62. The molecule has 2 heterocycles. The molecule has 21 heavy (non-hydrogen) atoms. The minimum atomic E-state index is 0.336. The van der Waals surface area contributed by atoms with Crippen molar-refractivity contribution in [1.29, 1.82) is 0 Å². The monoisotopic (exact) mass is 282 g/mol. The smallest absolute Gasteiger partial charge is 0.168 e. The summed E-state index contributed by atoms with van der Waals surface area (Å²) in [6.07, 6.45) is 3.14. The van der Waals surface area contributed by atoms with Crippen LogP contribution in [0.3, 0.4) is 0 Å². The Kier molecular flexibility index (Phi) is 3.23. The molecule has 2 N–H and O–H groups in total. The van der Waals surface area contributed by atoms with Crippen molar-refractivity contribution in [2.75, 3.05) is 14.2 Å². The first kappa shape index (κ1) is 13.0. The molecule has 0 fully saturated rings. The molecule has 0 aliphatic heterocycles. The molecule has 3 rings (SSSR count). The van der Waals surface area contributed by atoms with E-state index in [-0.39, 0.29) is 0 Å². The van der Waals surface area contributed by atoms with Gasteiger partial charge >= 0.3 is 0 Å². The molecular formula is C14H14N6O. The maximum atomic E-state index is 5.84. The average molecular weight is 282 g/mol. The largest absolute Gasteiger partial charge is 0.497 e. The first-order chi connectivity index (χ1) is 10.2. The predicted molar refractivity (Wildman–Crippen MR) is 79.9 cm³/mol. The number of ether oxygens (including phenoxy) is 1. The Balaban J connectivity index is 2.16. The first-order valence-corrected chi connectivity index (χ1v) is 6.29. The summed E-state index contributed by atoms with van der Waals surface area (Å²) >= 11 is 0. The molecule has 0 amide bonds. The van der Waals surface area contributed by atoms with Gasteiger partial charge in [0.2, 0.25) is 0 Å². The topological polar surface area (TPSA) is 91.2 Å². The van der Waals surface area contributed by atoms with Gasteiger partial charge in [0.25, 0.3) is 0 Å². The molecule has 0 unspecified atom stereocenters. The van der Waals surface area contributed by atoms with Crippen LogP contribution in [-0.2, 0) is 0 Å². The quantitative estimate of drug-likeness (QED) is 0.575. The lowest BCUT2D eigenvalue weighted by Crippen LogP contribution is -2.15. The fraction of sp³-hybridized carbons (Fsp3) is 0.143. The minimum absolute atomic E-state index is 0.336. The second kappa shape index (κ2) is 5.20. The van der Waals surface area contributed by atoms with E-state index in [0.29, 0.717) is 22.7 Å². The molecule has 2 aromatic heterocycles. The Morgan fingerprint density at radius 1 is 1.19 bits per heavy atom. The highest BCUT2D eigenvalue weighted by atomic mass is 16.5. The van der Waals surface area contributed by atoms with E-state index < -0.39 is 0 Å². The Bertz CT molecular complexity index is 806. The highest BCUT2D eigenvalue weighted by molar-refractivity contribution is 6.04. The summed E-state index contributed by atoms with van der Waals surface area (Å²) in [5.41, 5.74) is 8.60. The molecule has 0 radical (unpaired) electrons. The standard InChI is InChI=1S/C14H14N6O/c1-16-13(15)11-12-14(18-7-17-11)20(8-19-12)9-3-5-10(21-2)6-4-9/h3-8H,1-2H3,(H2,15,16). The van der Waals surface area contributed by atoms with Crippen molar-refractivity contribution in [1.82, 2.24) is 19.5 Å². The molecule has 106 valence electrons. The van der Waals surface area contributed by atoms with Crippen molar-refractivity contribution < 1.29 is 4.74 Å². The zero-order chi connectivity index (χ0) is 14.8. The molecule has 0 atom stereocenters. The van der Waals surface area contributed by atoms with E-state index in [4.69, 9.17) is 10.5 Å².